The Morgan fingerprint density at radius 1 is 1.56 bits per heavy atom. The summed E-state index contributed by atoms with van der Waals surface area (Å²) in [5.41, 5.74) is 0. The van der Waals surface area contributed by atoms with E-state index >= 15 is 0 Å². The summed E-state index contributed by atoms with van der Waals surface area (Å²) in [5, 5.41) is 0. The molecular weight excluding hydrogens is 146 g/mol. The molecule has 0 atom stereocenters. The molecule has 1 N–H and O–H groups in total. The van der Waals surface area contributed by atoms with E-state index in [0.717, 1.165) is 6.08 Å². The van der Waals surface area contributed by atoms with Crippen LogP contribution in [0.4, 0.5) is 0 Å². The van der Waals surface area contributed by atoms with Crippen molar-refractivity contribution < 1.29 is 17.8 Å². The van der Waals surface area contributed by atoms with Gasteiger partial charge in [-0.1, -0.05) is 0 Å². The molecule has 0 saturated heterocycles. The fourth-order valence-corrected chi connectivity index (χ4v) is 0.529. The zero-order valence-electron chi connectivity index (χ0n) is 4.44. The van der Waals surface area contributed by atoms with Crippen molar-refractivity contribution in [2.45, 2.75) is 0 Å². The Hall–Kier alpha value is -0.710. The van der Waals surface area contributed by atoms with Gasteiger partial charge in [-0.05, 0) is 0 Å². The summed E-state index contributed by atoms with van der Waals surface area (Å²) in [4.78, 5) is 12.2. The van der Waals surface area contributed by atoms with Gasteiger partial charge < -0.3 is 0 Å². The van der Waals surface area contributed by atoms with E-state index in [9.17, 15) is 13.2 Å². The van der Waals surface area contributed by atoms with Crippen LogP contribution >= 0.6 is 0 Å². The molecule has 52 valence electrons. The Labute approximate surface area is 52.2 Å². The van der Waals surface area contributed by atoms with Crippen molar-refractivity contribution in [1.82, 2.24) is 0 Å². The van der Waals surface area contributed by atoms with Crippen LogP contribution in [0.1, 0.15) is 0 Å². The third-order valence-corrected chi connectivity index (χ3v) is 1.22. The summed E-state index contributed by atoms with van der Waals surface area (Å²) in [7, 11) is -3.97. The standard InChI is InChI=1S/C3H5NO4S/c5-3-4-1-2-9(6,7)8/h1-2H2,(H,6,7,8). The number of isocyanates is 1. The van der Waals surface area contributed by atoms with Crippen LogP contribution in [0.15, 0.2) is 4.99 Å². The van der Waals surface area contributed by atoms with E-state index in [4.69, 9.17) is 4.55 Å². The molecule has 0 spiro atoms. The molecule has 0 aromatic heterocycles. The second-order valence-corrected chi connectivity index (χ2v) is 2.83. The van der Waals surface area contributed by atoms with Crippen LogP contribution in [0, 0.1) is 0 Å². The third-order valence-electron chi connectivity index (χ3n) is 0.526. The summed E-state index contributed by atoms with van der Waals surface area (Å²) in [6.07, 6.45) is 1.14. The van der Waals surface area contributed by atoms with E-state index < -0.39 is 15.9 Å². The molecule has 0 bridgehead atoms. The maximum atomic E-state index is 9.87. The number of aliphatic imine (C=N–C) groups is 1. The topological polar surface area (TPSA) is 83.8 Å². The highest BCUT2D eigenvalue weighted by molar-refractivity contribution is 7.85. The SMILES string of the molecule is O=C=NCCS(=O)(=O)O. The molecule has 0 heterocycles. The van der Waals surface area contributed by atoms with Gasteiger partial charge in [0.15, 0.2) is 0 Å². The predicted octanol–water partition coefficient (Wildman–Crippen LogP) is -0.790. The van der Waals surface area contributed by atoms with Crippen LogP contribution < -0.4 is 0 Å². The summed E-state index contributed by atoms with van der Waals surface area (Å²) >= 11 is 0. The van der Waals surface area contributed by atoms with Crippen molar-refractivity contribution in [3.8, 4) is 0 Å². The van der Waals surface area contributed by atoms with Crippen LogP contribution in [0.5, 0.6) is 0 Å². The molecule has 0 aliphatic heterocycles. The summed E-state index contributed by atoms with van der Waals surface area (Å²) < 4.78 is 27.8. The van der Waals surface area contributed by atoms with Crippen molar-refractivity contribution in [2.75, 3.05) is 12.3 Å². The minimum atomic E-state index is -3.97. The highest BCUT2D eigenvalue weighted by Crippen LogP contribution is 1.79. The first-order valence-electron chi connectivity index (χ1n) is 2.05. The Balaban J connectivity index is 3.66. The van der Waals surface area contributed by atoms with Crippen molar-refractivity contribution in [3.05, 3.63) is 0 Å². The molecule has 5 nitrogen and oxygen atoms in total. The van der Waals surface area contributed by atoms with E-state index in [1.165, 1.54) is 0 Å². The highest BCUT2D eigenvalue weighted by atomic mass is 32.2. The molecular formula is C3H5NO4S. The van der Waals surface area contributed by atoms with Crippen molar-refractivity contribution in [3.63, 3.8) is 0 Å². The average Bonchev–Trinajstić information content (AvgIpc) is 1.63. The maximum Gasteiger partial charge on any atom is 0.266 e. The molecule has 0 unspecified atom stereocenters. The smallest absolute Gasteiger partial charge is 0.266 e. The summed E-state index contributed by atoms with van der Waals surface area (Å²) in [6.45, 7) is -0.234. The molecule has 0 radical (unpaired) electrons. The Morgan fingerprint density at radius 2 is 2.11 bits per heavy atom. The molecule has 0 aromatic carbocycles. The number of hydrogen-bond acceptors (Lipinski definition) is 4. The lowest BCUT2D eigenvalue weighted by molar-refractivity contribution is 0.483. The molecule has 0 aliphatic carbocycles. The molecule has 0 amide bonds. The lowest BCUT2D eigenvalue weighted by Crippen LogP contribution is -2.06. The molecule has 0 aromatic rings. The predicted molar refractivity (Wildman–Crippen MR) is 29.4 cm³/mol. The molecule has 0 rings (SSSR count). The lowest BCUT2D eigenvalue weighted by atomic mass is 10.8. The van der Waals surface area contributed by atoms with Crippen LogP contribution in [0.25, 0.3) is 0 Å². The molecule has 0 aliphatic rings. The summed E-state index contributed by atoms with van der Waals surface area (Å²) in [6, 6.07) is 0. The van der Waals surface area contributed by atoms with Gasteiger partial charge in [0.2, 0.25) is 6.08 Å². The second-order valence-electron chi connectivity index (χ2n) is 1.26. The first kappa shape index (κ1) is 8.29. The van der Waals surface area contributed by atoms with Crippen molar-refractivity contribution in [1.29, 1.82) is 0 Å². The quantitative estimate of drug-likeness (QED) is 0.325. The highest BCUT2D eigenvalue weighted by Gasteiger charge is 2.00. The second kappa shape index (κ2) is 3.34. The van der Waals surface area contributed by atoms with E-state index in [2.05, 4.69) is 4.99 Å². The third kappa shape index (κ3) is 7.29. The van der Waals surface area contributed by atoms with E-state index in [0.29, 0.717) is 0 Å². The first-order valence-corrected chi connectivity index (χ1v) is 3.66. The van der Waals surface area contributed by atoms with E-state index in [-0.39, 0.29) is 6.54 Å². The zero-order chi connectivity index (χ0) is 7.33. The van der Waals surface area contributed by atoms with Gasteiger partial charge in [0.05, 0.1) is 12.3 Å². The summed E-state index contributed by atoms with van der Waals surface area (Å²) in [5.74, 6) is -0.526. The van der Waals surface area contributed by atoms with Crippen LogP contribution in [0.2, 0.25) is 0 Å². The van der Waals surface area contributed by atoms with Gasteiger partial charge in [-0.25, -0.2) is 9.79 Å². The van der Waals surface area contributed by atoms with E-state index in [1.54, 1.807) is 0 Å². The Kier molecular flexibility index (Phi) is 3.08. The zero-order valence-corrected chi connectivity index (χ0v) is 5.26. The minimum absolute atomic E-state index is 0.234. The van der Waals surface area contributed by atoms with Gasteiger partial charge >= 0.3 is 0 Å². The van der Waals surface area contributed by atoms with Gasteiger partial charge in [0, 0.05) is 0 Å². The molecule has 6 heteroatoms. The monoisotopic (exact) mass is 151 g/mol. The van der Waals surface area contributed by atoms with Gasteiger partial charge in [-0.15, -0.1) is 0 Å². The minimum Gasteiger partial charge on any atom is -0.285 e. The Morgan fingerprint density at radius 3 is 2.44 bits per heavy atom. The molecule has 0 saturated carbocycles. The number of rotatable bonds is 3. The maximum absolute atomic E-state index is 9.87. The normalized spacial score (nSPS) is 10.3. The van der Waals surface area contributed by atoms with Crippen LogP contribution in [0.3, 0.4) is 0 Å². The number of nitrogens with zero attached hydrogens (tertiary/aromatic N) is 1. The fourth-order valence-electron chi connectivity index (χ4n) is 0.207. The van der Waals surface area contributed by atoms with Crippen molar-refractivity contribution in [2.24, 2.45) is 4.99 Å². The number of carbonyl (C=O) groups excluding carboxylic acids is 1. The molecule has 0 fully saturated rings. The molecule has 9 heavy (non-hydrogen) atoms. The Bertz CT molecular complexity index is 212. The van der Waals surface area contributed by atoms with Gasteiger partial charge in [-0.2, -0.15) is 8.42 Å². The van der Waals surface area contributed by atoms with E-state index in [1.807, 2.05) is 0 Å². The largest absolute Gasteiger partial charge is 0.285 e. The lowest BCUT2D eigenvalue weighted by Gasteiger charge is -1.86. The van der Waals surface area contributed by atoms with Gasteiger partial charge in [0.1, 0.15) is 0 Å². The van der Waals surface area contributed by atoms with Crippen LogP contribution in [-0.4, -0.2) is 31.3 Å². The van der Waals surface area contributed by atoms with Crippen LogP contribution in [-0.2, 0) is 14.9 Å². The van der Waals surface area contributed by atoms with Gasteiger partial charge in [0.25, 0.3) is 10.1 Å². The average molecular weight is 151 g/mol. The first-order chi connectivity index (χ1) is 4.06. The van der Waals surface area contributed by atoms with Crippen molar-refractivity contribution >= 4 is 16.2 Å². The van der Waals surface area contributed by atoms with Gasteiger partial charge in [-0.3, -0.25) is 4.55 Å². The number of hydrogen-bond donors (Lipinski definition) is 1. The fraction of sp³-hybridized carbons (Fsp3) is 0.667.